The van der Waals surface area contributed by atoms with Gasteiger partial charge in [-0.25, -0.2) is 4.79 Å². The lowest BCUT2D eigenvalue weighted by molar-refractivity contribution is 0.198. The molecule has 1 aliphatic heterocycles. The predicted octanol–water partition coefficient (Wildman–Crippen LogP) is 6.23. The van der Waals surface area contributed by atoms with Crippen molar-refractivity contribution >= 4 is 52.2 Å². The van der Waals surface area contributed by atoms with E-state index in [1.54, 1.807) is 35.2 Å². The first kappa shape index (κ1) is 22.7. The lowest BCUT2D eigenvalue weighted by atomic mass is 10.0. The summed E-state index contributed by atoms with van der Waals surface area (Å²) in [6.45, 7) is 1.50. The van der Waals surface area contributed by atoms with Gasteiger partial charge in [0.1, 0.15) is 0 Å². The molecule has 1 atom stereocenters. The van der Waals surface area contributed by atoms with Crippen molar-refractivity contribution in [1.29, 1.82) is 0 Å². The van der Waals surface area contributed by atoms with Gasteiger partial charge in [-0.2, -0.15) is 0 Å². The highest BCUT2D eigenvalue weighted by molar-refractivity contribution is 6.36. The van der Waals surface area contributed by atoms with Crippen molar-refractivity contribution < 1.29 is 9.90 Å². The van der Waals surface area contributed by atoms with Gasteiger partial charge in [0, 0.05) is 35.4 Å². The summed E-state index contributed by atoms with van der Waals surface area (Å²) in [5.74, 6) is 0. The Morgan fingerprint density at radius 3 is 2.44 bits per heavy atom. The van der Waals surface area contributed by atoms with Crippen molar-refractivity contribution in [2.75, 3.05) is 29.9 Å². The predicted molar refractivity (Wildman–Crippen MR) is 131 cm³/mol. The van der Waals surface area contributed by atoms with Gasteiger partial charge in [-0.05, 0) is 53.6 Å². The molecule has 0 aromatic heterocycles. The third-order valence-electron chi connectivity index (χ3n) is 5.50. The molecule has 3 aromatic rings. The Morgan fingerprint density at radius 1 is 0.969 bits per heavy atom. The van der Waals surface area contributed by atoms with Crippen molar-refractivity contribution in [1.82, 2.24) is 4.90 Å². The minimum absolute atomic E-state index is 0.0805. The SMILES string of the molecule is O=C(Nc1cccc(CO)c1)N1CCN(c2ccc(Cl)cc2Cl)C(c2ccc(Cl)cc2)C1. The van der Waals surface area contributed by atoms with Crippen LogP contribution in [0, 0.1) is 0 Å². The highest BCUT2D eigenvalue weighted by Crippen LogP contribution is 2.37. The fourth-order valence-electron chi connectivity index (χ4n) is 3.89. The third kappa shape index (κ3) is 5.13. The van der Waals surface area contributed by atoms with E-state index in [-0.39, 0.29) is 18.7 Å². The molecule has 0 radical (unpaired) electrons. The molecule has 3 aromatic carbocycles. The van der Waals surface area contributed by atoms with Gasteiger partial charge in [-0.1, -0.05) is 59.1 Å². The zero-order valence-electron chi connectivity index (χ0n) is 17.1. The number of hydrogen-bond donors (Lipinski definition) is 2. The number of aliphatic hydroxyl groups is 1. The van der Waals surface area contributed by atoms with Crippen LogP contribution < -0.4 is 10.2 Å². The van der Waals surface area contributed by atoms with Crippen LogP contribution >= 0.6 is 34.8 Å². The van der Waals surface area contributed by atoms with Crippen molar-refractivity contribution in [3.05, 3.63) is 92.9 Å². The van der Waals surface area contributed by atoms with E-state index in [1.807, 2.05) is 36.4 Å². The van der Waals surface area contributed by atoms with E-state index >= 15 is 0 Å². The number of piperazine rings is 1. The average molecular weight is 491 g/mol. The molecule has 1 fully saturated rings. The molecule has 1 unspecified atom stereocenters. The Bertz CT molecular complexity index is 1110. The van der Waals surface area contributed by atoms with Crippen LogP contribution in [0.5, 0.6) is 0 Å². The van der Waals surface area contributed by atoms with Crippen LogP contribution in [-0.4, -0.2) is 35.7 Å². The van der Waals surface area contributed by atoms with Gasteiger partial charge in [-0.3, -0.25) is 0 Å². The number of urea groups is 1. The third-order valence-corrected chi connectivity index (χ3v) is 6.29. The Morgan fingerprint density at radius 2 is 1.72 bits per heavy atom. The van der Waals surface area contributed by atoms with Gasteiger partial charge in [0.15, 0.2) is 0 Å². The van der Waals surface area contributed by atoms with Gasteiger partial charge >= 0.3 is 6.03 Å². The molecule has 1 aliphatic rings. The van der Waals surface area contributed by atoms with Crippen molar-refractivity contribution in [2.45, 2.75) is 12.6 Å². The van der Waals surface area contributed by atoms with E-state index in [4.69, 9.17) is 34.8 Å². The van der Waals surface area contributed by atoms with Gasteiger partial charge < -0.3 is 20.2 Å². The van der Waals surface area contributed by atoms with Gasteiger partial charge in [0.25, 0.3) is 0 Å². The van der Waals surface area contributed by atoms with Crippen LogP contribution in [0.15, 0.2) is 66.7 Å². The number of nitrogens with zero attached hydrogens (tertiary/aromatic N) is 2. The van der Waals surface area contributed by atoms with Crippen LogP contribution in [0.2, 0.25) is 15.1 Å². The van der Waals surface area contributed by atoms with Crippen LogP contribution in [0.25, 0.3) is 0 Å². The lowest BCUT2D eigenvalue weighted by Crippen LogP contribution is -2.51. The number of anilines is 2. The summed E-state index contributed by atoms with van der Waals surface area (Å²) >= 11 is 18.7. The van der Waals surface area contributed by atoms with E-state index < -0.39 is 0 Å². The van der Waals surface area contributed by atoms with E-state index in [0.717, 1.165) is 16.8 Å². The number of rotatable bonds is 4. The minimum Gasteiger partial charge on any atom is -0.392 e. The molecule has 0 saturated carbocycles. The molecule has 4 rings (SSSR count). The number of carbonyl (C=O) groups excluding carboxylic acids is 1. The molecule has 5 nitrogen and oxygen atoms in total. The lowest BCUT2D eigenvalue weighted by Gasteiger charge is -2.43. The Balaban J connectivity index is 1.59. The topological polar surface area (TPSA) is 55.8 Å². The zero-order chi connectivity index (χ0) is 22.7. The molecule has 0 spiro atoms. The summed E-state index contributed by atoms with van der Waals surface area (Å²) in [7, 11) is 0. The summed E-state index contributed by atoms with van der Waals surface area (Å²) in [4.78, 5) is 17.0. The smallest absolute Gasteiger partial charge is 0.321 e. The molecule has 0 bridgehead atoms. The highest BCUT2D eigenvalue weighted by Gasteiger charge is 2.32. The fraction of sp³-hybridized carbons (Fsp3) is 0.208. The molecule has 0 aliphatic carbocycles. The first-order valence-corrected chi connectivity index (χ1v) is 11.3. The monoisotopic (exact) mass is 489 g/mol. The molecule has 8 heteroatoms. The van der Waals surface area contributed by atoms with Gasteiger partial charge in [0.2, 0.25) is 0 Å². The summed E-state index contributed by atoms with van der Waals surface area (Å²) < 4.78 is 0. The molecule has 2 N–H and O–H groups in total. The van der Waals surface area contributed by atoms with Crippen molar-refractivity contribution in [2.24, 2.45) is 0 Å². The molecule has 166 valence electrons. The van der Waals surface area contributed by atoms with Crippen molar-refractivity contribution in [3.8, 4) is 0 Å². The highest BCUT2D eigenvalue weighted by atomic mass is 35.5. The summed E-state index contributed by atoms with van der Waals surface area (Å²) in [5.41, 5.74) is 3.28. The summed E-state index contributed by atoms with van der Waals surface area (Å²) in [5, 5.41) is 14.1. The minimum atomic E-state index is -0.194. The first-order valence-electron chi connectivity index (χ1n) is 10.2. The quantitative estimate of drug-likeness (QED) is 0.455. The number of amides is 2. The van der Waals surface area contributed by atoms with E-state index in [9.17, 15) is 9.90 Å². The zero-order valence-corrected chi connectivity index (χ0v) is 19.4. The second-order valence-electron chi connectivity index (χ2n) is 7.59. The molecule has 32 heavy (non-hydrogen) atoms. The molecular formula is C24H22Cl3N3O2. The maximum absolute atomic E-state index is 13.0. The molecule has 1 saturated heterocycles. The van der Waals surface area contributed by atoms with E-state index in [1.165, 1.54) is 0 Å². The van der Waals surface area contributed by atoms with E-state index in [0.29, 0.717) is 40.4 Å². The average Bonchev–Trinajstić information content (AvgIpc) is 2.79. The van der Waals surface area contributed by atoms with Gasteiger partial charge in [0.05, 0.1) is 23.4 Å². The Kier molecular flexibility index (Phi) is 7.11. The molecule has 2 amide bonds. The maximum atomic E-state index is 13.0. The summed E-state index contributed by atoms with van der Waals surface area (Å²) in [6, 6.07) is 19.9. The standard InChI is InChI=1S/C24H22Cl3N3O2/c25-18-6-4-17(5-7-18)23-14-29(24(32)28-20-3-1-2-16(12-20)15-31)10-11-30(23)22-9-8-19(26)13-21(22)27/h1-9,12-13,23,31H,10-11,14-15H2,(H,28,32). The largest absolute Gasteiger partial charge is 0.392 e. The fourth-order valence-corrected chi connectivity index (χ4v) is 4.53. The van der Waals surface area contributed by atoms with Crippen LogP contribution in [0.1, 0.15) is 17.2 Å². The van der Waals surface area contributed by atoms with Crippen LogP contribution in [0.4, 0.5) is 16.2 Å². The Hall–Kier alpha value is -2.44. The number of halogens is 3. The number of carbonyl (C=O) groups is 1. The van der Waals surface area contributed by atoms with Crippen LogP contribution in [-0.2, 0) is 6.61 Å². The van der Waals surface area contributed by atoms with Crippen molar-refractivity contribution in [3.63, 3.8) is 0 Å². The Labute approximate surface area is 202 Å². The number of aliphatic hydroxyl groups excluding tert-OH is 1. The number of benzene rings is 3. The molecular weight excluding hydrogens is 469 g/mol. The van der Waals surface area contributed by atoms with Gasteiger partial charge in [-0.15, -0.1) is 0 Å². The number of hydrogen-bond acceptors (Lipinski definition) is 3. The van der Waals surface area contributed by atoms with E-state index in [2.05, 4.69) is 10.2 Å². The normalized spacial score (nSPS) is 16.2. The summed E-state index contributed by atoms with van der Waals surface area (Å²) in [6.07, 6.45) is 0. The second kappa shape index (κ2) is 10.0. The maximum Gasteiger partial charge on any atom is 0.321 e. The number of nitrogens with one attached hydrogen (secondary N) is 1. The molecule has 1 heterocycles. The second-order valence-corrected chi connectivity index (χ2v) is 8.87. The van der Waals surface area contributed by atoms with Crippen LogP contribution in [0.3, 0.4) is 0 Å². The first-order chi connectivity index (χ1) is 15.4.